The summed E-state index contributed by atoms with van der Waals surface area (Å²) in [6.07, 6.45) is 6.65. The van der Waals surface area contributed by atoms with Gasteiger partial charge in [-0.15, -0.1) is 0 Å². The topological polar surface area (TPSA) is 21.3 Å². The molecule has 0 radical (unpaired) electrons. The van der Waals surface area contributed by atoms with Crippen molar-refractivity contribution in [1.82, 2.24) is 5.32 Å². The Balaban J connectivity index is 1.97. The number of benzene rings is 1. The van der Waals surface area contributed by atoms with Crippen molar-refractivity contribution < 1.29 is 4.74 Å². The molecule has 0 amide bonds. The van der Waals surface area contributed by atoms with E-state index in [4.69, 9.17) is 4.74 Å². The molecule has 2 nitrogen and oxygen atoms in total. The van der Waals surface area contributed by atoms with Gasteiger partial charge < -0.3 is 10.1 Å². The minimum Gasteiger partial charge on any atom is -0.490 e. The summed E-state index contributed by atoms with van der Waals surface area (Å²) >= 11 is 0. The van der Waals surface area contributed by atoms with Crippen LogP contribution in [-0.2, 0) is 0 Å². The third kappa shape index (κ3) is 4.24. The van der Waals surface area contributed by atoms with Gasteiger partial charge in [-0.3, -0.25) is 0 Å². The lowest BCUT2D eigenvalue weighted by Gasteiger charge is -2.20. The van der Waals surface area contributed by atoms with E-state index in [9.17, 15) is 0 Å². The van der Waals surface area contributed by atoms with Crippen molar-refractivity contribution in [1.29, 1.82) is 0 Å². The molecule has 1 N–H and O–H groups in total. The van der Waals surface area contributed by atoms with Crippen molar-refractivity contribution in [3.05, 3.63) is 29.8 Å². The van der Waals surface area contributed by atoms with Crippen molar-refractivity contribution in [2.24, 2.45) is 0 Å². The van der Waals surface area contributed by atoms with Gasteiger partial charge in [0.25, 0.3) is 0 Å². The van der Waals surface area contributed by atoms with Gasteiger partial charge in [0, 0.05) is 12.1 Å². The lowest BCUT2D eigenvalue weighted by atomic mass is 10.1. The minimum absolute atomic E-state index is 0.377. The van der Waals surface area contributed by atoms with Crippen LogP contribution in [-0.4, -0.2) is 12.1 Å². The Bertz CT molecular complexity index is 385. The third-order valence-corrected chi connectivity index (χ3v) is 4.11. The molecule has 1 aliphatic rings. The van der Waals surface area contributed by atoms with Crippen LogP contribution in [0.25, 0.3) is 0 Å². The summed E-state index contributed by atoms with van der Waals surface area (Å²) in [7, 11) is 0. The molecule has 106 valence electrons. The third-order valence-electron chi connectivity index (χ3n) is 4.11. The van der Waals surface area contributed by atoms with Crippen LogP contribution in [0.3, 0.4) is 0 Å². The second-order valence-corrected chi connectivity index (χ2v) is 5.79. The predicted octanol–water partition coefficient (Wildman–Crippen LogP) is 4.46. The maximum Gasteiger partial charge on any atom is 0.120 e. The Morgan fingerprint density at radius 1 is 1.26 bits per heavy atom. The smallest absolute Gasteiger partial charge is 0.120 e. The summed E-state index contributed by atoms with van der Waals surface area (Å²) < 4.78 is 6.07. The van der Waals surface area contributed by atoms with E-state index in [1.807, 2.05) is 0 Å². The lowest BCUT2D eigenvalue weighted by Crippen LogP contribution is -2.28. The highest BCUT2D eigenvalue weighted by atomic mass is 16.5. The molecule has 0 bridgehead atoms. The van der Waals surface area contributed by atoms with E-state index in [-0.39, 0.29) is 0 Å². The molecule has 1 aromatic rings. The fourth-order valence-electron chi connectivity index (χ4n) is 2.70. The highest BCUT2D eigenvalue weighted by molar-refractivity contribution is 5.30. The fourth-order valence-corrected chi connectivity index (χ4v) is 2.70. The molecule has 1 fully saturated rings. The van der Waals surface area contributed by atoms with Crippen LogP contribution in [0.2, 0.25) is 0 Å². The van der Waals surface area contributed by atoms with Crippen molar-refractivity contribution in [3.8, 4) is 5.75 Å². The van der Waals surface area contributed by atoms with Gasteiger partial charge in [0.2, 0.25) is 0 Å². The number of rotatable bonds is 6. The first-order valence-electron chi connectivity index (χ1n) is 7.71. The average molecular weight is 261 g/mol. The average Bonchev–Trinajstić information content (AvgIpc) is 2.91. The zero-order valence-electron chi connectivity index (χ0n) is 12.5. The van der Waals surface area contributed by atoms with Crippen molar-refractivity contribution in [2.45, 2.75) is 71.1 Å². The lowest BCUT2D eigenvalue weighted by molar-refractivity contribution is 0.209. The molecule has 0 unspecified atom stereocenters. The summed E-state index contributed by atoms with van der Waals surface area (Å²) in [6.45, 7) is 6.67. The summed E-state index contributed by atoms with van der Waals surface area (Å²) in [5.41, 5.74) is 1.32. The molecule has 0 aromatic heterocycles. The van der Waals surface area contributed by atoms with Crippen LogP contribution in [0.4, 0.5) is 0 Å². The predicted molar refractivity (Wildman–Crippen MR) is 80.6 cm³/mol. The Morgan fingerprint density at radius 2 is 2.00 bits per heavy atom. The van der Waals surface area contributed by atoms with Gasteiger partial charge in [-0.05, 0) is 63.6 Å². The second-order valence-electron chi connectivity index (χ2n) is 5.79. The van der Waals surface area contributed by atoms with Crippen molar-refractivity contribution in [3.63, 3.8) is 0 Å². The van der Waals surface area contributed by atoms with Crippen LogP contribution in [0.5, 0.6) is 5.75 Å². The molecule has 1 saturated carbocycles. The van der Waals surface area contributed by atoms with Gasteiger partial charge in [0.1, 0.15) is 5.75 Å². The molecule has 2 heteroatoms. The molecular formula is C17H27NO. The Morgan fingerprint density at radius 3 is 2.68 bits per heavy atom. The van der Waals surface area contributed by atoms with E-state index in [2.05, 4.69) is 50.4 Å². The van der Waals surface area contributed by atoms with Gasteiger partial charge in [0.15, 0.2) is 0 Å². The molecular weight excluding hydrogens is 234 g/mol. The summed E-state index contributed by atoms with van der Waals surface area (Å²) in [4.78, 5) is 0. The van der Waals surface area contributed by atoms with E-state index in [1.54, 1.807) is 0 Å². The standard InChI is InChI=1S/C17H27NO/c1-4-13(2)18-14(3)15-8-7-11-17(12-15)19-16-9-5-6-10-16/h7-8,11-14,16,18H,4-6,9-10H2,1-3H3/t13-,14+/m0/s1. The van der Waals surface area contributed by atoms with Crippen molar-refractivity contribution in [2.75, 3.05) is 0 Å². The summed E-state index contributed by atoms with van der Waals surface area (Å²) in [5, 5.41) is 3.61. The van der Waals surface area contributed by atoms with Crippen LogP contribution in [0, 0.1) is 0 Å². The van der Waals surface area contributed by atoms with E-state index >= 15 is 0 Å². The first-order valence-corrected chi connectivity index (χ1v) is 7.71. The zero-order chi connectivity index (χ0) is 13.7. The zero-order valence-corrected chi connectivity index (χ0v) is 12.5. The van der Waals surface area contributed by atoms with E-state index < -0.39 is 0 Å². The van der Waals surface area contributed by atoms with Gasteiger partial charge in [-0.1, -0.05) is 19.1 Å². The Labute approximate surface area is 117 Å². The number of nitrogens with one attached hydrogen (secondary N) is 1. The number of hydrogen-bond acceptors (Lipinski definition) is 2. The monoisotopic (exact) mass is 261 g/mol. The van der Waals surface area contributed by atoms with Gasteiger partial charge in [-0.25, -0.2) is 0 Å². The molecule has 1 aliphatic carbocycles. The van der Waals surface area contributed by atoms with Gasteiger partial charge in [-0.2, -0.15) is 0 Å². The molecule has 2 atom stereocenters. The SMILES string of the molecule is CC[C@H](C)N[C@H](C)c1cccc(OC2CCCC2)c1. The first kappa shape index (κ1) is 14.4. The maximum atomic E-state index is 6.07. The Hall–Kier alpha value is -1.02. The molecule has 2 rings (SSSR count). The van der Waals surface area contributed by atoms with Crippen LogP contribution >= 0.6 is 0 Å². The maximum absolute atomic E-state index is 6.07. The first-order chi connectivity index (χ1) is 9.19. The van der Waals surface area contributed by atoms with Crippen LogP contribution < -0.4 is 10.1 Å². The molecule has 0 aliphatic heterocycles. The van der Waals surface area contributed by atoms with Crippen molar-refractivity contribution >= 4 is 0 Å². The molecule has 0 spiro atoms. The molecule has 0 heterocycles. The number of hydrogen-bond donors (Lipinski definition) is 1. The second kappa shape index (κ2) is 6.95. The van der Waals surface area contributed by atoms with Crippen LogP contribution in [0.1, 0.15) is 64.5 Å². The van der Waals surface area contributed by atoms with E-state index in [1.165, 1.54) is 31.2 Å². The largest absolute Gasteiger partial charge is 0.490 e. The van der Waals surface area contributed by atoms with Gasteiger partial charge in [0.05, 0.1) is 6.10 Å². The minimum atomic E-state index is 0.377. The normalized spacial score (nSPS) is 19.3. The molecule has 0 saturated heterocycles. The van der Waals surface area contributed by atoms with E-state index in [0.29, 0.717) is 18.2 Å². The van der Waals surface area contributed by atoms with Gasteiger partial charge >= 0.3 is 0 Å². The summed E-state index contributed by atoms with van der Waals surface area (Å²) in [6, 6.07) is 9.49. The molecule has 1 aromatic carbocycles. The van der Waals surface area contributed by atoms with Crippen LogP contribution in [0.15, 0.2) is 24.3 Å². The fraction of sp³-hybridized carbons (Fsp3) is 0.647. The Kier molecular flexibility index (Phi) is 5.26. The highest BCUT2D eigenvalue weighted by Crippen LogP contribution is 2.26. The summed E-state index contributed by atoms with van der Waals surface area (Å²) in [5.74, 6) is 1.03. The highest BCUT2D eigenvalue weighted by Gasteiger charge is 2.17. The van der Waals surface area contributed by atoms with E-state index in [0.717, 1.165) is 12.2 Å². The molecule has 19 heavy (non-hydrogen) atoms. The quantitative estimate of drug-likeness (QED) is 0.816. The number of ether oxygens (including phenoxy) is 1.